The minimum Gasteiger partial charge on any atom is -0.372 e. The first kappa shape index (κ1) is 15.2. The Kier molecular flexibility index (Phi) is 6.42. The highest BCUT2D eigenvalue weighted by molar-refractivity contribution is 5.76. The van der Waals surface area contributed by atoms with Gasteiger partial charge in [-0.3, -0.25) is 4.79 Å². The van der Waals surface area contributed by atoms with Crippen LogP contribution in [0.25, 0.3) is 0 Å². The van der Waals surface area contributed by atoms with Crippen molar-refractivity contribution in [3.05, 3.63) is 0 Å². The Labute approximate surface area is 104 Å². The van der Waals surface area contributed by atoms with Crippen LogP contribution in [0.3, 0.4) is 0 Å². The summed E-state index contributed by atoms with van der Waals surface area (Å²) in [6, 6.07) is 0.120. The molecular formula is C11H19F3N2O2. The van der Waals surface area contributed by atoms with Crippen molar-refractivity contribution in [2.24, 2.45) is 0 Å². The third-order valence-corrected chi connectivity index (χ3v) is 2.68. The smallest absolute Gasteiger partial charge is 0.372 e. The number of amides is 1. The third kappa shape index (κ3) is 7.50. The lowest BCUT2D eigenvalue weighted by Gasteiger charge is -2.16. The van der Waals surface area contributed by atoms with E-state index >= 15 is 0 Å². The summed E-state index contributed by atoms with van der Waals surface area (Å²) < 4.78 is 39.7. The Morgan fingerprint density at radius 2 is 2.11 bits per heavy atom. The molecule has 1 heterocycles. The molecule has 4 nitrogen and oxygen atoms in total. The van der Waals surface area contributed by atoms with Crippen LogP contribution in [0.15, 0.2) is 0 Å². The van der Waals surface area contributed by atoms with E-state index in [1.807, 2.05) is 0 Å². The Morgan fingerprint density at radius 3 is 2.83 bits per heavy atom. The number of ether oxygens (including phenoxy) is 1. The Balaban J connectivity index is 2.09. The summed E-state index contributed by atoms with van der Waals surface area (Å²) in [7, 11) is 0. The van der Waals surface area contributed by atoms with Crippen LogP contribution in [-0.2, 0) is 9.53 Å². The van der Waals surface area contributed by atoms with Crippen LogP contribution in [0.4, 0.5) is 13.2 Å². The Bertz CT molecular complexity index is 251. The van der Waals surface area contributed by atoms with Gasteiger partial charge in [0.15, 0.2) is 0 Å². The lowest BCUT2D eigenvalue weighted by Crippen LogP contribution is -2.36. The van der Waals surface area contributed by atoms with Crippen LogP contribution in [0, 0.1) is 0 Å². The summed E-state index contributed by atoms with van der Waals surface area (Å²) in [6.45, 7) is 0.306. The molecule has 106 valence electrons. The Morgan fingerprint density at radius 1 is 1.33 bits per heavy atom. The predicted molar refractivity (Wildman–Crippen MR) is 60.1 cm³/mol. The maximum absolute atomic E-state index is 11.8. The summed E-state index contributed by atoms with van der Waals surface area (Å²) in [5.41, 5.74) is 0. The molecule has 2 N–H and O–H groups in total. The molecule has 0 aromatic heterocycles. The monoisotopic (exact) mass is 268 g/mol. The van der Waals surface area contributed by atoms with Crippen molar-refractivity contribution in [3.63, 3.8) is 0 Å². The summed E-state index contributed by atoms with van der Waals surface area (Å²) in [4.78, 5) is 11.5. The van der Waals surface area contributed by atoms with Crippen LogP contribution in [0.5, 0.6) is 0 Å². The second-order valence-corrected chi connectivity index (χ2v) is 4.36. The van der Waals surface area contributed by atoms with Gasteiger partial charge in [0, 0.05) is 12.5 Å². The maximum Gasteiger partial charge on any atom is 0.411 e. The zero-order chi connectivity index (χ0) is 13.4. The van der Waals surface area contributed by atoms with Crippen molar-refractivity contribution < 1.29 is 22.7 Å². The molecule has 0 bridgehead atoms. The normalized spacial score (nSPS) is 21.4. The second kappa shape index (κ2) is 7.58. The second-order valence-electron chi connectivity index (χ2n) is 4.36. The van der Waals surface area contributed by atoms with Gasteiger partial charge in [0.2, 0.25) is 5.91 Å². The van der Waals surface area contributed by atoms with Crippen molar-refractivity contribution in [3.8, 4) is 0 Å². The van der Waals surface area contributed by atoms with Crippen LogP contribution in [0.1, 0.15) is 25.7 Å². The summed E-state index contributed by atoms with van der Waals surface area (Å²) >= 11 is 0. The fourth-order valence-corrected chi connectivity index (χ4v) is 1.82. The molecule has 0 saturated carbocycles. The van der Waals surface area contributed by atoms with Crippen molar-refractivity contribution in [2.45, 2.75) is 37.9 Å². The number of halogens is 3. The van der Waals surface area contributed by atoms with Crippen LogP contribution >= 0.6 is 0 Å². The number of nitrogens with one attached hydrogen (secondary N) is 2. The molecule has 1 unspecified atom stereocenters. The lowest BCUT2D eigenvalue weighted by molar-refractivity contribution is -0.174. The molecule has 18 heavy (non-hydrogen) atoms. The highest BCUT2D eigenvalue weighted by Crippen LogP contribution is 2.14. The molecule has 0 aromatic carbocycles. The number of rotatable bonds is 5. The van der Waals surface area contributed by atoms with Crippen LogP contribution < -0.4 is 10.6 Å². The first-order valence-corrected chi connectivity index (χ1v) is 6.12. The van der Waals surface area contributed by atoms with Gasteiger partial charge in [-0.1, -0.05) is 0 Å². The minimum atomic E-state index is -4.33. The SMILES string of the molecule is O=C(CCOCC(F)(F)F)NC1CCCNCC1. The maximum atomic E-state index is 11.8. The molecule has 0 spiro atoms. The van der Waals surface area contributed by atoms with E-state index in [0.717, 1.165) is 32.4 Å². The average Bonchev–Trinajstić information content (AvgIpc) is 2.52. The first-order chi connectivity index (χ1) is 8.47. The molecule has 1 amide bonds. The van der Waals surface area contributed by atoms with Gasteiger partial charge < -0.3 is 15.4 Å². The average molecular weight is 268 g/mol. The van der Waals surface area contributed by atoms with Gasteiger partial charge in [0.1, 0.15) is 6.61 Å². The highest BCUT2D eigenvalue weighted by atomic mass is 19.4. The van der Waals surface area contributed by atoms with Gasteiger partial charge in [0.25, 0.3) is 0 Å². The molecule has 0 aromatic rings. The van der Waals surface area contributed by atoms with E-state index in [0.29, 0.717) is 0 Å². The summed E-state index contributed by atoms with van der Waals surface area (Å²) in [5.74, 6) is -0.246. The van der Waals surface area contributed by atoms with Gasteiger partial charge in [-0.2, -0.15) is 13.2 Å². The Hall–Kier alpha value is -0.820. The molecule has 0 radical (unpaired) electrons. The number of carbonyl (C=O) groups is 1. The molecule has 1 aliphatic rings. The molecule has 1 rings (SSSR count). The van der Waals surface area contributed by atoms with E-state index in [1.165, 1.54) is 0 Å². The van der Waals surface area contributed by atoms with Gasteiger partial charge in [-0.15, -0.1) is 0 Å². The first-order valence-electron chi connectivity index (χ1n) is 6.12. The van der Waals surface area contributed by atoms with Crippen LogP contribution in [-0.4, -0.2) is 44.4 Å². The molecular weight excluding hydrogens is 249 g/mol. The highest BCUT2D eigenvalue weighted by Gasteiger charge is 2.27. The van der Waals surface area contributed by atoms with Crippen molar-refractivity contribution in [1.82, 2.24) is 10.6 Å². The number of carbonyl (C=O) groups excluding carboxylic acids is 1. The predicted octanol–water partition coefficient (Wildman–Crippen LogP) is 1.21. The van der Waals surface area contributed by atoms with E-state index in [2.05, 4.69) is 15.4 Å². The van der Waals surface area contributed by atoms with Crippen LogP contribution in [0.2, 0.25) is 0 Å². The topological polar surface area (TPSA) is 50.4 Å². The molecule has 1 aliphatic heterocycles. The number of hydrogen-bond donors (Lipinski definition) is 2. The summed E-state index contributed by atoms with van der Waals surface area (Å²) in [6.07, 6.45) is -1.60. The fourth-order valence-electron chi connectivity index (χ4n) is 1.82. The standard InChI is InChI=1S/C11H19F3N2O2/c12-11(13,14)8-18-7-4-10(17)16-9-2-1-5-15-6-3-9/h9,15H,1-8H2,(H,16,17). The van der Waals surface area contributed by atoms with Crippen molar-refractivity contribution >= 4 is 5.91 Å². The minimum absolute atomic E-state index is 0.0278. The molecule has 0 aliphatic carbocycles. The lowest BCUT2D eigenvalue weighted by atomic mass is 10.1. The van der Waals surface area contributed by atoms with E-state index in [1.54, 1.807) is 0 Å². The zero-order valence-electron chi connectivity index (χ0n) is 10.2. The van der Waals surface area contributed by atoms with Gasteiger partial charge in [-0.25, -0.2) is 0 Å². The third-order valence-electron chi connectivity index (χ3n) is 2.68. The fraction of sp³-hybridized carbons (Fsp3) is 0.909. The largest absolute Gasteiger partial charge is 0.411 e. The number of alkyl halides is 3. The van der Waals surface area contributed by atoms with E-state index in [9.17, 15) is 18.0 Å². The van der Waals surface area contributed by atoms with E-state index < -0.39 is 12.8 Å². The number of hydrogen-bond acceptors (Lipinski definition) is 3. The molecule has 7 heteroatoms. The quantitative estimate of drug-likeness (QED) is 0.737. The van der Waals surface area contributed by atoms with E-state index in [-0.39, 0.29) is 25.0 Å². The molecule has 1 fully saturated rings. The van der Waals surface area contributed by atoms with Gasteiger partial charge in [-0.05, 0) is 32.4 Å². The van der Waals surface area contributed by atoms with Crippen molar-refractivity contribution in [2.75, 3.05) is 26.3 Å². The summed E-state index contributed by atoms with van der Waals surface area (Å²) in [5, 5.41) is 6.03. The van der Waals surface area contributed by atoms with Crippen molar-refractivity contribution in [1.29, 1.82) is 0 Å². The van der Waals surface area contributed by atoms with Gasteiger partial charge in [0.05, 0.1) is 6.61 Å². The zero-order valence-corrected chi connectivity index (χ0v) is 10.2. The molecule has 1 saturated heterocycles. The molecule has 1 atom stereocenters. The van der Waals surface area contributed by atoms with E-state index in [4.69, 9.17) is 0 Å². The van der Waals surface area contributed by atoms with Gasteiger partial charge >= 0.3 is 6.18 Å².